The summed E-state index contributed by atoms with van der Waals surface area (Å²) in [6.45, 7) is 4.87. The molecule has 2 nitrogen and oxygen atoms in total. The Bertz CT molecular complexity index is 88.2. The van der Waals surface area contributed by atoms with Crippen LogP contribution in [-0.2, 0) is 4.74 Å². The SMILES string of the molecule is CSCC(N)CCOC(C)C. The zero-order valence-corrected chi connectivity index (χ0v) is 8.49. The van der Waals surface area contributed by atoms with Gasteiger partial charge in [-0.25, -0.2) is 0 Å². The standard InChI is InChI=1S/C8H19NOS/c1-7(2)10-5-4-8(9)6-11-3/h7-8H,4-6,9H2,1-3H3. The molecule has 0 aromatic carbocycles. The van der Waals surface area contributed by atoms with Crippen molar-refractivity contribution in [3.05, 3.63) is 0 Å². The molecular weight excluding hydrogens is 158 g/mol. The molecule has 0 heterocycles. The van der Waals surface area contributed by atoms with E-state index in [0.29, 0.717) is 12.1 Å². The summed E-state index contributed by atoms with van der Waals surface area (Å²) in [7, 11) is 0. The fourth-order valence-electron chi connectivity index (χ4n) is 0.753. The van der Waals surface area contributed by atoms with Crippen LogP contribution in [0.25, 0.3) is 0 Å². The summed E-state index contributed by atoms with van der Waals surface area (Å²) < 4.78 is 5.37. The van der Waals surface area contributed by atoms with Crippen molar-refractivity contribution < 1.29 is 4.74 Å². The lowest BCUT2D eigenvalue weighted by atomic mass is 10.3. The van der Waals surface area contributed by atoms with Crippen LogP contribution < -0.4 is 5.73 Å². The number of ether oxygens (including phenoxy) is 1. The molecule has 0 aromatic heterocycles. The second-order valence-electron chi connectivity index (χ2n) is 2.92. The van der Waals surface area contributed by atoms with Crippen molar-refractivity contribution in [2.24, 2.45) is 5.73 Å². The molecular formula is C8H19NOS. The molecule has 3 heteroatoms. The Labute approximate surface area is 73.9 Å². The molecule has 11 heavy (non-hydrogen) atoms. The van der Waals surface area contributed by atoms with Gasteiger partial charge in [0.2, 0.25) is 0 Å². The highest BCUT2D eigenvalue weighted by Crippen LogP contribution is 1.99. The van der Waals surface area contributed by atoms with Gasteiger partial charge < -0.3 is 10.5 Å². The maximum absolute atomic E-state index is 5.77. The quantitative estimate of drug-likeness (QED) is 0.667. The van der Waals surface area contributed by atoms with E-state index in [0.717, 1.165) is 18.8 Å². The highest BCUT2D eigenvalue weighted by Gasteiger charge is 2.01. The van der Waals surface area contributed by atoms with Crippen molar-refractivity contribution in [3.63, 3.8) is 0 Å². The van der Waals surface area contributed by atoms with E-state index in [-0.39, 0.29) is 0 Å². The van der Waals surface area contributed by atoms with Gasteiger partial charge in [0.25, 0.3) is 0 Å². The predicted octanol–water partition coefficient (Wildman–Crippen LogP) is 1.49. The third kappa shape index (κ3) is 8.17. The fraction of sp³-hybridized carbons (Fsp3) is 1.00. The Kier molecular flexibility index (Phi) is 7.12. The Hall–Kier alpha value is 0.270. The smallest absolute Gasteiger partial charge is 0.0518 e. The van der Waals surface area contributed by atoms with E-state index in [1.165, 1.54) is 0 Å². The van der Waals surface area contributed by atoms with E-state index in [4.69, 9.17) is 10.5 Å². The van der Waals surface area contributed by atoms with Gasteiger partial charge in [-0.2, -0.15) is 11.8 Å². The van der Waals surface area contributed by atoms with Gasteiger partial charge in [0.15, 0.2) is 0 Å². The monoisotopic (exact) mass is 177 g/mol. The van der Waals surface area contributed by atoms with Crippen molar-refractivity contribution in [1.29, 1.82) is 0 Å². The largest absolute Gasteiger partial charge is 0.379 e. The van der Waals surface area contributed by atoms with Crippen LogP contribution >= 0.6 is 11.8 Å². The lowest BCUT2D eigenvalue weighted by Crippen LogP contribution is -2.25. The maximum Gasteiger partial charge on any atom is 0.0518 e. The molecule has 0 aromatic rings. The summed E-state index contributed by atoms with van der Waals surface area (Å²) in [6, 6.07) is 0.295. The molecule has 0 fully saturated rings. The lowest BCUT2D eigenvalue weighted by Gasteiger charge is -2.11. The molecule has 1 atom stereocenters. The van der Waals surface area contributed by atoms with Gasteiger partial charge in [-0.05, 0) is 26.5 Å². The normalized spacial score (nSPS) is 13.9. The summed E-state index contributed by atoms with van der Waals surface area (Å²) in [5.74, 6) is 1.03. The first-order valence-corrected chi connectivity index (χ1v) is 5.42. The number of thioether (sulfide) groups is 1. The van der Waals surface area contributed by atoms with Gasteiger partial charge in [0.05, 0.1) is 6.10 Å². The first-order chi connectivity index (χ1) is 5.16. The van der Waals surface area contributed by atoms with Crippen LogP contribution in [0.1, 0.15) is 20.3 Å². The fourth-order valence-corrected chi connectivity index (χ4v) is 1.35. The molecule has 0 aliphatic carbocycles. The van der Waals surface area contributed by atoms with Crippen molar-refractivity contribution in [1.82, 2.24) is 0 Å². The highest BCUT2D eigenvalue weighted by atomic mass is 32.2. The van der Waals surface area contributed by atoms with Gasteiger partial charge in [0.1, 0.15) is 0 Å². The van der Waals surface area contributed by atoms with Gasteiger partial charge in [-0.1, -0.05) is 0 Å². The van der Waals surface area contributed by atoms with Crippen LogP contribution in [0.4, 0.5) is 0 Å². The average molecular weight is 177 g/mol. The Morgan fingerprint density at radius 2 is 2.09 bits per heavy atom. The van der Waals surface area contributed by atoms with Crippen LogP contribution in [0.5, 0.6) is 0 Å². The topological polar surface area (TPSA) is 35.2 Å². The second kappa shape index (κ2) is 6.95. The minimum atomic E-state index is 0.295. The predicted molar refractivity (Wildman–Crippen MR) is 52.1 cm³/mol. The number of rotatable bonds is 6. The van der Waals surface area contributed by atoms with E-state index in [9.17, 15) is 0 Å². The number of hydrogen-bond donors (Lipinski definition) is 1. The van der Waals surface area contributed by atoms with Crippen molar-refractivity contribution >= 4 is 11.8 Å². The minimum absolute atomic E-state index is 0.295. The Balaban J connectivity index is 3.10. The molecule has 0 aliphatic heterocycles. The summed E-state index contributed by atoms with van der Waals surface area (Å²) in [5, 5.41) is 0. The van der Waals surface area contributed by atoms with Crippen molar-refractivity contribution in [2.75, 3.05) is 18.6 Å². The zero-order chi connectivity index (χ0) is 8.69. The van der Waals surface area contributed by atoms with E-state index in [1.807, 2.05) is 13.8 Å². The molecule has 0 aliphatic rings. The molecule has 0 amide bonds. The van der Waals surface area contributed by atoms with E-state index >= 15 is 0 Å². The molecule has 2 N–H and O–H groups in total. The van der Waals surface area contributed by atoms with Gasteiger partial charge in [-0.3, -0.25) is 0 Å². The summed E-state index contributed by atoms with van der Waals surface area (Å²) >= 11 is 1.79. The van der Waals surface area contributed by atoms with Gasteiger partial charge in [-0.15, -0.1) is 0 Å². The average Bonchev–Trinajstić information content (AvgIpc) is 1.87. The van der Waals surface area contributed by atoms with Crippen LogP contribution in [0.15, 0.2) is 0 Å². The Morgan fingerprint density at radius 3 is 2.55 bits per heavy atom. The maximum atomic E-state index is 5.77. The van der Waals surface area contributed by atoms with Crippen LogP contribution in [0, 0.1) is 0 Å². The number of hydrogen-bond acceptors (Lipinski definition) is 3. The molecule has 0 bridgehead atoms. The molecule has 0 saturated heterocycles. The van der Waals surface area contributed by atoms with Crippen LogP contribution in [0.2, 0.25) is 0 Å². The number of nitrogens with two attached hydrogens (primary N) is 1. The van der Waals surface area contributed by atoms with Crippen LogP contribution in [0.3, 0.4) is 0 Å². The molecule has 0 spiro atoms. The molecule has 0 radical (unpaired) electrons. The van der Waals surface area contributed by atoms with Gasteiger partial charge in [0, 0.05) is 18.4 Å². The highest BCUT2D eigenvalue weighted by molar-refractivity contribution is 7.98. The zero-order valence-electron chi connectivity index (χ0n) is 7.67. The molecule has 68 valence electrons. The lowest BCUT2D eigenvalue weighted by molar-refractivity contribution is 0.0747. The molecule has 0 saturated carbocycles. The summed E-state index contributed by atoms with van der Waals surface area (Å²) in [4.78, 5) is 0. The minimum Gasteiger partial charge on any atom is -0.379 e. The van der Waals surface area contributed by atoms with Crippen LogP contribution in [-0.4, -0.2) is 30.8 Å². The van der Waals surface area contributed by atoms with E-state index < -0.39 is 0 Å². The third-order valence-corrected chi connectivity index (χ3v) is 2.08. The van der Waals surface area contributed by atoms with E-state index in [1.54, 1.807) is 11.8 Å². The molecule has 0 rings (SSSR count). The Morgan fingerprint density at radius 1 is 1.45 bits per heavy atom. The van der Waals surface area contributed by atoms with Crippen molar-refractivity contribution in [2.45, 2.75) is 32.4 Å². The summed E-state index contributed by atoms with van der Waals surface area (Å²) in [6.07, 6.45) is 3.37. The van der Waals surface area contributed by atoms with Gasteiger partial charge >= 0.3 is 0 Å². The third-order valence-electron chi connectivity index (χ3n) is 1.32. The first kappa shape index (κ1) is 11.3. The van der Waals surface area contributed by atoms with Crippen molar-refractivity contribution in [3.8, 4) is 0 Å². The first-order valence-electron chi connectivity index (χ1n) is 4.03. The van der Waals surface area contributed by atoms with E-state index in [2.05, 4.69) is 6.26 Å². The second-order valence-corrected chi connectivity index (χ2v) is 3.83. The molecule has 1 unspecified atom stereocenters. The summed E-state index contributed by atoms with van der Waals surface area (Å²) in [5.41, 5.74) is 5.77.